The van der Waals surface area contributed by atoms with E-state index in [0.717, 1.165) is 55.0 Å². The molecule has 0 aliphatic heterocycles. The zero-order chi connectivity index (χ0) is 13.7. The van der Waals surface area contributed by atoms with Crippen LogP contribution in [-0.2, 0) is 12.8 Å². The molecule has 0 saturated heterocycles. The summed E-state index contributed by atoms with van der Waals surface area (Å²) < 4.78 is 14.6. The average Bonchev–Trinajstić information content (AvgIpc) is 2.44. The van der Waals surface area contributed by atoms with Crippen molar-refractivity contribution >= 4 is 10.9 Å². The van der Waals surface area contributed by atoms with Crippen LogP contribution >= 0.6 is 0 Å². The molecule has 0 N–H and O–H groups in total. The molecule has 19 heavy (non-hydrogen) atoms. The molecule has 0 bridgehead atoms. The van der Waals surface area contributed by atoms with Crippen LogP contribution < -0.4 is 0 Å². The van der Waals surface area contributed by atoms with Crippen molar-refractivity contribution in [2.45, 2.75) is 52.4 Å². The van der Waals surface area contributed by atoms with Gasteiger partial charge in [0.15, 0.2) is 0 Å². The van der Waals surface area contributed by atoms with Crippen molar-refractivity contribution in [3.8, 4) is 0 Å². The fourth-order valence-corrected chi connectivity index (χ4v) is 2.42. The first-order valence-electron chi connectivity index (χ1n) is 7.33. The summed E-state index contributed by atoms with van der Waals surface area (Å²) in [5.41, 5.74) is 2.44. The molecule has 1 aromatic carbocycles. The molecule has 0 amide bonds. The lowest BCUT2D eigenvalue weighted by atomic mass is 10.00. The van der Waals surface area contributed by atoms with Crippen LogP contribution in [0.15, 0.2) is 24.3 Å². The van der Waals surface area contributed by atoms with Gasteiger partial charge >= 0.3 is 0 Å². The Hall–Kier alpha value is -1.44. The monoisotopic (exact) mass is 259 g/mol. The topological polar surface area (TPSA) is 12.9 Å². The number of para-hydroxylation sites is 1. The Kier molecular flexibility index (Phi) is 4.89. The van der Waals surface area contributed by atoms with Gasteiger partial charge in [0.2, 0.25) is 0 Å². The van der Waals surface area contributed by atoms with Crippen LogP contribution in [0.5, 0.6) is 0 Å². The van der Waals surface area contributed by atoms with Crippen molar-refractivity contribution in [3.63, 3.8) is 0 Å². The van der Waals surface area contributed by atoms with Crippen molar-refractivity contribution in [2.75, 3.05) is 0 Å². The SMILES string of the molecule is CCCCc1nc2ccccc2c(CCCC)c1F. The number of fused-ring (bicyclic) bond motifs is 1. The van der Waals surface area contributed by atoms with Crippen LogP contribution in [0.3, 0.4) is 0 Å². The number of hydrogen-bond donors (Lipinski definition) is 0. The zero-order valence-electron chi connectivity index (χ0n) is 11.9. The minimum atomic E-state index is -0.0689. The van der Waals surface area contributed by atoms with Crippen LogP contribution in [0.2, 0.25) is 0 Å². The van der Waals surface area contributed by atoms with Crippen LogP contribution in [-0.4, -0.2) is 4.98 Å². The second kappa shape index (κ2) is 6.65. The second-order valence-corrected chi connectivity index (χ2v) is 5.08. The van der Waals surface area contributed by atoms with Crippen molar-refractivity contribution in [1.82, 2.24) is 4.98 Å². The molecule has 2 heteroatoms. The summed E-state index contributed by atoms with van der Waals surface area (Å²) in [6.07, 6.45) is 5.73. The summed E-state index contributed by atoms with van der Waals surface area (Å²) >= 11 is 0. The molecule has 0 fully saturated rings. The van der Waals surface area contributed by atoms with Gasteiger partial charge in [0.25, 0.3) is 0 Å². The number of aryl methyl sites for hydroxylation is 2. The third-order valence-electron chi connectivity index (χ3n) is 3.55. The van der Waals surface area contributed by atoms with Gasteiger partial charge in [-0.15, -0.1) is 0 Å². The molecule has 0 radical (unpaired) electrons. The minimum Gasteiger partial charge on any atom is -0.250 e. The third-order valence-corrected chi connectivity index (χ3v) is 3.55. The number of halogens is 1. The minimum absolute atomic E-state index is 0.0689. The first kappa shape index (κ1) is 14.0. The molecule has 0 atom stereocenters. The van der Waals surface area contributed by atoms with Crippen molar-refractivity contribution in [2.24, 2.45) is 0 Å². The first-order valence-corrected chi connectivity index (χ1v) is 7.33. The van der Waals surface area contributed by atoms with E-state index >= 15 is 0 Å². The number of benzene rings is 1. The van der Waals surface area contributed by atoms with E-state index in [-0.39, 0.29) is 5.82 Å². The zero-order valence-corrected chi connectivity index (χ0v) is 11.9. The van der Waals surface area contributed by atoms with Gasteiger partial charge in [0, 0.05) is 5.39 Å². The highest BCUT2D eigenvalue weighted by molar-refractivity contribution is 5.82. The van der Waals surface area contributed by atoms with E-state index in [0.29, 0.717) is 5.69 Å². The van der Waals surface area contributed by atoms with Crippen LogP contribution in [0.1, 0.15) is 50.8 Å². The maximum Gasteiger partial charge on any atom is 0.148 e. The predicted octanol–water partition coefficient (Wildman–Crippen LogP) is 5.06. The lowest BCUT2D eigenvalue weighted by Crippen LogP contribution is -2.03. The summed E-state index contributed by atoms with van der Waals surface area (Å²) in [5, 5.41) is 0.980. The van der Waals surface area contributed by atoms with Gasteiger partial charge in [-0.05, 0) is 37.3 Å². The Labute approximate surface area is 114 Å². The molecule has 2 aromatic rings. The molecule has 102 valence electrons. The van der Waals surface area contributed by atoms with E-state index in [9.17, 15) is 4.39 Å². The standard InChI is InChI=1S/C17H22FN/c1-3-5-9-14-13-10-7-8-12-15(13)19-16(17(14)18)11-6-4-2/h7-8,10,12H,3-6,9,11H2,1-2H3. The van der Waals surface area contributed by atoms with Crippen LogP contribution in [0.4, 0.5) is 4.39 Å². The summed E-state index contributed by atoms with van der Waals surface area (Å²) in [7, 11) is 0. The number of nitrogens with zero attached hydrogens (tertiary/aromatic N) is 1. The first-order chi connectivity index (χ1) is 9.27. The van der Waals surface area contributed by atoms with Crippen molar-refractivity contribution < 1.29 is 4.39 Å². The molecular formula is C17H22FN. The summed E-state index contributed by atoms with van der Waals surface area (Å²) in [5.74, 6) is -0.0689. The molecular weight excluding hydrogens is 237 g/mol. The van der Waals surface area contributed by atoms with Gasteiger partial charge in [0.1, 0.15) is 5.82 Å². The Balaban J connectivity index is 2.49. The molecule has 2 rings (SSSR count). The van der Waals surface area contributed by atoms with E-state index in [2.05, 4.69) is 18.8 Å². The van der Waals surface area contributed by atoms with E-state index in [1.807, 2.05) is 24.3 Å². The van der Waals surface area contributed by atoms with Gasteiger partial charge in [-0.3, -0.25) is 0 Å². The predicted molar refractivity (Wildman–Crippen MR) is 78.9 cm³/mol. The van der Waals surface area contributed by atoms with Crippen LogP contribution in [0, 0.1) is 5.82 Å². The average molecular weight is 259 g/mol. The largest absolute Gasteiger partial charge is 0.250 e. The van der Waals surface area contributed by atoms with Crippen LogP contribution in [0.25, 0.3) is 10.9 Å². The van der Waals surface area contributed by atoms with E-state index in [1.54, 1.807) is 0 Å². The van der Waals surface area contributed by atoms with E-state index in [4.69, 9.17) is 0 Å². The Morgan fingerprint density at radius 2 is 1.68 bits per heavy atom. The highest BCUT2D eigenvalue weighted by Gasteiger charge is 2.13. The number of rotatable bonds is 6. The number of unbranched alkanes of at least 4 members (excludes halogenated alkanes) is 2. The van der Waals surface area contributed by atoms with Gasteiger partial charge < -0.3 is 0 Å². The van der Waals surface area contributed by atoms with E-state index < -0.39 is 0 Å². The van der Waals surface area contributed by atoms with Crippen molar-refractivity contribution in [1.29, 1.82) is 0 Å². The lowest BCUT2D eigenvalue weighted by Gasteiger charge is -2.11. The fraction of sp³-hybridized carbons (Fsp3) is 0.471. The molecule has 0 saturated carbocycles. The molecule has 0 aliphatic rings. The van der Waals surface area contributed by atoms with Crippen molar-refractivity contribution in [3.05, 3.63) is 41.3 Å². The molecule has 0 aliphatic carbocycles. The highest BCUT2D eigenvalue weighted by atomic mass is 19.1. The number of aromatic nitrogens is 1. The van der Waals surface area contributed by atoms with Gasteiger partial charge in [-0.2, -0.15) is 0 Å². The summed E-state index contributed by atoms with van der Waals surface area (Å²) in [6.45, 7) is 4.26. The lowest BCUT2D eigenvalue weighted by molar-refractivity contribution is 0.575. The highest BCUT2D eigenvalue weighted by Crippen LogP contribution is 2.25. The number of pyridine rings is 1. The van der Waals surface area contributed by atoms with E-state index in [1.165, 1.54) is 0 Å². The summed E-state index contributed by atoms with van der Waals surface area (Å²) in [4.78, 5) is 4.51. The molecule has 0 unspecified atom stereocenters. The maximum atomic E-state index is 14.6. The molecule has 1 heterocycles. The molecule has 1 nitrogen and oxygen atoms in total. The second-order valence-electron chi connectivity index (χ2n) is 5.08. The Morgan fingerprint density at radius 3 is 2.42 bits per heavy atom. The smallest absolute Gasteiger partial charge is 0.148 e. The Morgan fingerprint density at radius 1 is 1.00 bits per heavy atom. The summed E-state index contributed by atoms with van der Waals surface area (Å²) in [6, 6.07) is 7.91. The molecule has 0 spiro atoms. The molecule has 1 aromatic heterocycles. The Bertz CT molecular complexity index is 548. The van der Waals surface area contributed by atoms with Gasteiger partial charge in [-0.25, -0.2) is 9.37 Å². The third kappa shape index (κ3) is 3.12. The quantitative estimate of drug-likeness (QED) is 0.706. The van der Waals surface area contributed by atoms with Gasteiger partial charge in [-0.1, -0.05) is 44.9 Å². The maximum absolute atomic E-state index is 14.6. The van der Waals surface area contributed by atoms with Gasteiger partial charge in [0.05, 0.1) is 11.2 Å². The number of hydrogen-bond acceptors (Lipinski definition) is 1. The fourth-order valence-electron chi connectivity index (χ4n) is 2.42. The normalized spacial score (nSPS) is 11.1.